The number of nitrogens with zero attached hydrogens (tertiary/aromatic N) is 5. The summed E-state index contributed by atoms with van der Waals surface area (Å²) in [6.45, 7) is 34.7. The highest BCUT2D eigenvalue weighted by Crippen LogP contribution is 2.44. The smallest absolute Gasteiger partial charge is 0.410 e. The lowest BCUT2D eigenvalue weighted by Gasteiger charge is -2.39. The van der Waals surface area contributed by atoms with Crippen molar-refractivity contribution in [1.29, 1.82) is 0 Å². The van der Waals surface area contributed by atoms with Gasteiger partial charge < -0.3 is 28.4 Å². The van der Waals surface area contributed by atoms with Crippen LogP contribution in [0.25, 0.3) is 5.65 Å². The van der Waals surface area contributed by atoms with Crippen molar-refractivity contribution in [2.24, 2.45) is 0 Å². The molecule has 10 nitrogen and oxygen atoms in total. The minimum absolute atomic E-state index is 0.155. The van der Waals surface area contributed by atoms with Gasteiger partial charge in [0.25, 0.3) is 0 Å². The molecule has 52 heavy (non-hydrogen) atoms. The van der Waals surface area contributed by atoms with Gasteiger partial charge in [-0.3, -0.25) is 0 Å². The van der Waals surface area contributed by atoms with Gasteiger partial charge in [0, 0.05) is 71.3 Å². The predicted molar refractivity (Wildman–Crippen MR) is 222 cm³/mol. The fraction of sp³-hybridized carbons (Fsp3) is 0.821. The van der Waals surface area contributed by atoms with Gasteiger partial charge in [-0.1, -0.05) is 60.1 Å². The molecule has 0 N–H and O–H groups in total. The Morgan fingerprint density at radius 3 is 1.92 bits per heavy atom. The molecule has 2 aromatic rings. The van der Waals surface area contributed by atoms with Gasteiger partial charge >= 0.3 is 6.09 Å². The van der Waals surface area contributed by atoms with Crippen LogP contribution in [0.4, 0.5) is 10.6 Å². The zero-order valence-electron chi connectivity index (χ0n) is 35.4. The summed E-state index contributed by atoms with van der Waals surface area (Å²) in [6, 6.07) is 4.75. The summed E-state index contributed by atoms with van der Waals surface area (Å²) in [4.78, 5) is 22.9. The first-order valence-electron chi connectivity index (χ1n) is 19.9. The number of rotatable bonds is 17. The molecule has 3 atom stereocenters. The first-order chi connectivity index (χ1) is 23.9. The largest absolute Gasteiger partial charge is 0.444 e. The fourth-order valence-electron chi connectivity index (χ4n) is 6.73. The third kappa shape index (κ3) is 12.1. The second kappa shape index (κ2) is 16.9. The predicted octanol–water partition coefficient (Wildman–Crippen LogP) is 9.76. The van der Waals surface area contributed by atoms with Crippen molar-refractivity contribution in [3.63, 3.8) is 0 Å². The normalized spacial score (nSPS) is 20.2. The third-order valence-corrected chi connectivity index (χ3v) is 18.9. The Hall–Kier alpha value is -1.78. The van der Waals surface area contributed by atoms with Crippen LogP contribution >= 0.6 is 0 Å². The molecule has 0 aliphatic carbocycles. The van der Waals surface area contributed by atoms with Gasteiger partial charge in [-0.25, -0.2) is 9.78 Å². The van der Waals surface area contributed by atoms with E-state index in [2.05, 4.69) is 84.1 Å². The Balaban J connectivity index is 1.65. The third-order valence-electron chi connectivity index (χ3n) is 11.0. The minimum Gasteiger partial charge on any atom is -0.444 e. The maximum atomic E-state index is 13.3. The van der Waals surface area contributed by atoms with E-state index in [1.54, 1.807) is 0 Å². The number of hydrogen-bond acceptors (Lipinski definition) is 8. The van der Waals surface area contributed by atoms with Gasteiger partial charge in [0.15, 0.2) is 14.0 Å². The molecule has 2 aliphatic heterocycles. The highest BCUT2D eigenvalue weighted by molar-refractivity contribution is 6.76. The average Bonchev–Trinajstić information content (AvgIpc) is 3.52. The molecule has 2 fully saturated rings. The lowest BCUT2D eigenvalue weighted by Crippen LogP contribution is -2.48. The molecule has 0 radical (unpaired) electrons. The molecule has 4 rings (SSSR count). The summed E-state index contributed by atoms with van der Waals surface area (Å²) >= 11 is 0. The van der Waals surface area contributed by atoms with E-state index in [1.165, 1.54) is 0 Å². The Labute approximate surface area is 318 Å². The van der Waals surface area contributed by atoms with Crippen LogP contribution in [0.5, 0.6) is 0 Å². The Morgan fingerprint density at radius 2 is 1.42 bits per heavy atom. The van der Waals surface area contributed by atoms with Crippen molar-refractivity contribution < 1.29 is 23.4 Å². The molecule has 2 aliphatic rings. The van der Waals surface area contributed by atoms with Crippen LogP contribution in [-0.4, -0.2) is 101 Å². The molecule has 2 aromatic heterocycles. The van der Waals surface area contributed by atoms with Crippen LogP contribution < -0.4 is 4.90 Å². The second-order valence-electron chi connectivity index (χ2n) is 20.3. The quantitative estimate of drug-likeness (QED) is 0.0892. The number of ether oxygens (including phenoxy) is 3. The van der Waals surface area contributed by atoms with Gasteiger partial charge in [-0.05, 0) is 89.5 Å². The zero-order chi connectivity index (χ0) is 38.7. The number of fused-ring (bicyclic) bond motifs is 3. The SMILES string of the molecule is CC(C)(C)OC(=O)N1[C@@H]2CC[C@H]1C[C@@H](c1cc(N(COCC[Si](C)(C)C)COCC[Si](C)(C)C)n3ncc(CCCO[Si](C)(C)C(C)(C)C)c3n1)C2. The summed E-state index contributed by atoms with van der Waals surface area (Å²) in [5, 5.41) is 5.13. The number of anilines is 1. The number of carbonyl (C=O) groups is 1. The monoisotopic (exact) mass is 775 g/mol. The van der Waals surface area contributed by atoms with Gasteiger partial charge in [-0.15, -0.1) is 0 Å². The van der Waals surface area contributed by atoms with Crippen LogP contribution in [0.15, 0.2) is 12.3 Å². The number of piperidine rings is 1. The van der Waals surface area contributed by atoms with Crippen LogP contribution in [0.3, 0.4) is 0 Å². The van der Waals surface area contributed by atoms with Gasteiger partial charge in [0.05, 0.1) is 6.20 Å². The second-order valence-corrected chi connectivity index (χ2v) is 36.4. The van der Waals surface area contributed by atoms with Crippen molar-refractivity contribution in [2.45, 2.75) is 173 Å². The van der Waals surface area contributed by atoms with Crippen LogP contribution in [-0.2, 0) is 25.1 Å². The molecule has 296 valence electrons. The number of carbonyl (C=O) groups excluding carboxylic acids is 1. The van der Waals surface area contributed by atoms with E-state index >= 15 is 0 Å². The fourth-order valence-corrected chi connectivity index (χ4v) is 9.34. The molecular formula is C39H73N5O5Si3. The topological polar surface area (TPSA) is 90.7 Å². The van der Waals surface area contributed by atoms with E-state index in [4.69, 9.17) is 28.7 Å². The molecule has 2 saturated heterocycles. The zero-order valence-corrected chi connectivity index (χ0v) is 38.4. The molecule has 2 bridgehead atoms. The van der Waals surface area contributed by atoms with Crippen LogP contribution in [0.2, 0.25) is 69.5 Å². The average molecular weight is 776 g/mol. The number of aryl methyl sites for hydroxylation is 1. The molecule has 0 spiro atoms. The number of aromatic nitrogens is 3. The Kier molecular flexibility index (Phi) is 14.0. The summed E-state index contributed by atoms with van der Waals surface area (Å²) in [5.74, 6) is 1.18. The van der Waals surface area contributed by atoms with Crippen LogP contribution in [0.1, 0.15) is 90.8 Å². The summed E-state index contributed by atoms with van der Waals surface area (Å²) < 4.78 is 27.2. The first-order valence-corrected chi connectivity index (χ1v) is 30.2. The van der Waals surface area contributed by atoms with Crippen molar-refractivity contribution in [2.75, 3.05) is 38.2 Å². The summed E-state index contributed by atoms with van der Waals surface area (Å²) in [5.41, 5.74) is 2.59. The molecule has 0 unspecified atom stereocenters. The molecule has 0 saturated carbocycles. The van der Waals surface area contributed by atoms with Gasteiger partial charge in [-0.2, -0.15) is 9.61 Å². The van der Waals surface area contributed by atoms with E-state index in [-0.39, 0.29) is 29.1 Å². The maximum Gasteiger partial charge on any atom is 0.410 e. The summed E-state index contributed by atoms with van der Waals surface area (Å²) in [7, 11) is -4.33. The molecular weight excluding hydrogens is 703 g/mol. The van der Waals surface area contributed by atoms with E-state index in [1.807, 2.05) is 36.4 Å². The maximum absolute atomic E-state index is 13.3. The van der Waals surface area contributed by atoms with Gasteiger partial charge in [0.1, 0.15) is 24.9 Å². The number of hydrogen-bond donors (Lipinski definition) is 0. The molecule has 0 aromatic carbocycles. The van der Waals surface area contributed by atoms with Crippen molar-refractivity contribution >= 4 is 42.0 Å². The van der Waals surface area contributed by atoms with Gasteiger partial charge in [0.2, 0.25) is 0 Å². The summed E-state index contributed by atoms with van der Waals surface area (Å²) in [6.07, 6.45) is 7.33. The van der Waals surface area contributed by atoms with E-state index in [9.17, 15) is 4.79 Å². The molecule has 13 heteroatoms. The lowest BCUT2D eigenvalue weighted by molar-refractivity contribution is 0.00568. The standard InChI is InChI=1S/C39H73N5O5Si3/c1-38(2,3)49-37(45)43-32-17-18-33(43)25-31(24-32)34-26-35(42(28-46-20-22-50(7,8)9)29-47-21-23-51(10,11)12)44-36(41-34)30(27-40-44)16-15-19-48-52(13,14)39(4,5)6/h26-27,31-33H,15-25,28-29H2,1-14H3/t31-,32+,33-. The van der Waals surface area contributed by atoms with Crippen LogP contribution in [0, 0.1) is 0 Å². The van der Waals surface area contributed by atoms with Crippen molar-refractivity contribution in [1.82, 2.24) is 19.5 Å². The first kappa shape index (κ1) is 43.0. The lowest BCUT2D eigenvalue weighted by atomic mass is 9.88. The van der Waals surface area contributed by atoms with Crippen molar-refractivity contribution in [3.8, 4) is 0 Å². The van der Waals surface area contributed by atoms with E-state index < -0.39 is 30.1 Å². The van der Waals surface area contributed by atoms with Crippen molar-refractivity contribution in [3.05, 3.63) is 23.5 Å². The van der Waals surface area contributed by atoms with E-state index in [0.29, 0.717) is 13.5 Å². The Morgan fingerprint density at radius 1 is 0.865 bits per heavy atom. The minimum atomic E-state index is -1.83. The van der Waals surface area contributed by atoms with E-state index in [0.717, 1.165) is 93.2 Å². The highest BCUT2D eigenvalue weighted by atomic mass is 28.4. The number of amides is 1. The Bertz CT molecular complexity index is 1440. The molecule has 4 heterocycles. The highest BCUT2D eigenvalue weighted by Gasteiger charge is 2.46. The molecule has 1 amide bonds.